The number of amides is 3. The third-order valence-corrected chi connectivity index (χ3v) is 6.71. The molecular formula is C25H30FN5O3. The maximum atomic E-state index is 14.3. The molecule has 5 rings (SSSR count). The molecule has 9 heteroatoms. The number of ether oxygens (including phenoxy) is 1. The highest BCUT2D eigenvalue weighted by atomic mass is 19.1. The van der Waals surface area contributed by atoms with Crippen LogP contribution < -0.4 is 25.2 Å². The summed E-state index contributed by atoms with van der Waals surface area (Å²) in [5, 5.41) is 5.76. The van der Waals surface area contributed by atoms with Crippen molar-refractivity contribution in [2.24, 2.45) is 0 Å². The van der Waals surface area contributed by atoms with E-state index in [4.69, 9.17) is 4.74 Å². The van der Waals surface area contributed by atoms with Crippen LogP contribution in [0, 0.1) is 5.82 Å². The fraction of sp³-hybridized carbons (Fsp3) is 0.440. The molecule has 3 aliphatic rings. The van der Waals surface area contributed by atoms with E-state index < -0.39 is 6.10 Å². The van der Waals surface area contributed by atoms with Crippen molar-refractivity contribution in [2.75, 3.05) is 61.4 Å². The molecule has 2 aromatic carbocycles. The van der Waals surface area contributed by atoms with Gasteiger partial charge >= 0.3 is 6.03 Å². The summed E-state index contributed by atoms with van der Waals surface area (Å²) >= 11 is 0. The number of halogens is 1. The zero-order valence-corrected chi connectivity index (χ0v) is 19.3. The minimum absolute atomic E-state index is 0.107. The smallest absolute Gasteiger partial charge is 0.321 e. The number of hydrogen-bond donors (Lipinski definition) is 2. The molecule has 180 valence electrons. The van der Waals surface area contributed by atoms with E-state index in [-0.39, 0.29) is 17.8 Å². The summed E-state index contributed by atoms with van der Waals surface area (Å²) in [5.41, 5.74) is 2.96. The van der Waals surface area contributed by atoms with Crippen LogP contribution in [0.15, 0.2) is 36.4 Å². The summed E-state index contributed by atoms with van der Waals surface area (Å²) in [6.07, 6.45) is 1.30. The van der Waals surface area contributed by atoms with Gasteiger partial charge in [-0.2, -0.15) is 0 Å². The van der Waals surface area contributed by atoms with Crippen LogP contribution in [-0.2, 0) is 11.2 Å². The van der Waals surface area contributed by atoms with Crippen LogP contribution in [0.1, 0.15) is 18.4 Å². The van der Waals surface area contributed by atoms with Gasteiger partial charge in [-0.3, -0.25) is 9.69 Å². The predicted octanol–water partition coefficient (Wildman–Crippen LogP) is 2.83. The van der Waals surface area contributed by atoms with E-state index in [1.54, 1.807) is 17.0 Å². The molecule has 0 aromatic heterocycles. The van der Waals surface area contributed by atoms with Gasteiger partial charge in [0.15, 0.2) is 6.10 Å². The highest BCUT2D eigenvalue weighted by Gasteiger charge is 2.31. The van der Waals surface area contributed by atoms with Crippen LogP contribution in [0.25, 0.3) is 0 Å². The van der Waals surface area contributed by atoms with Crippen molar-refractivity contribution in [3.05, 3.63) is 47.8 Å². The van der Waals surface area contributed by atoms with Crippen molar-refractivity contribution in [1.29, 1.82) is 0 Å². The first-order chi connectivity index (χ1) is 16.5. The Bertz CT molecular complexity index is 1070. The Labute approximate surface area is 198 Å². The average Bonchev–Trinajstić information content (AvgIpc) is 2.84. The van der Waals surface area contributed by atoms with Crippen LogP contribution in [0.3, 0.4) is 0 Å². The van der Waals surface area contributed by atoms with Crippen molar-refractivity contribution >= 4 is 29.0 Å². The summed E-state index contributed by atoms with van der Waals surface area (Å²) in [6, 6.07) is 10.1. The largest absolute Gasteiger partial charge is 0.478 e. The molecule has 0 bridgehead atoms. The molecule has 3 amide bonds. The van der Waals surface area contributed by atoms with Gasteiger partial charge < -0.3 is 25.2 Å². The number of nitrogens with one attached hydrogen (secondary N) is 2. The van der Waals surface area contributed by atoms with E-state index in [2.05, 4.69) is 27.5 Å². The molecule has 3 aliphatic heterocycles. The summed E-state index contributed by atoms with van der Waals surface area (Å²) < 4.78 is 20.5. The number of anilines is 3. The number of aryl methyl sites for hydroxylation is 1. The molecule has 2 aromatic rings. The molecular weight excluding hydrogens is 437 g/mol. The molecule has 2 N–H and O–H groups in total. The predicted molar refractivity (Wildman–Crippen MR) is 129 cm³/mol. The van der Waals surface area contributed by atoms with Gasteiger partial charge in [0.25, 0.3) is 5.91 Å². The van der Waals surface area contributed by atoms with Gasteiger partial charge in [-0.05, 0) is 62.2 Å². The van der Waals surface area contributed by atoms with E-state index in [1.165, 1.54) is 12.1 Å². The van der Waals surface area contributed by atoms with E-state index in [1.807, 2.05) is 12.1 Å². The van der Waals surface area contributed by atoms with Gasteiger partial charge in [0.2, 0.25) is 0 Å². The van der Waals surface area contributed by atoms with E-state index in [0.29, 0.717) is 37.4 Å². The average molecular weight is 468 g/mol. The van der Waals surface area contributed by atoms with Gasteiger partial charge in [-0.15, -0.1) is 0 Å². The van der Waals surface area contributed by atoms with Crippen LogP contribution in [-0.4, -0.2) is 69.3 Å². The third-order valence-electron chi connectivity index (χ3n) is 6.71. The molecule has 3 heterocycles. The van der Waals surface area contributed by atoms with Crippen molar-refractivity contribution in [2.45, 2.75) is 25.4 Å². The van der Waals surface area contributed by atoms with Crippen molar-refractivity contribution in [3.8, 4) is 5.75 Å². The Morgan fingerprint density at radius 1 is 1.12 bits per heavy atom. The van der Waals surface area contributed by atoms with Crippen LogP contribution in [0.5, 0.6) is 5.75 Å². The summed E-state index contributed by atoms with van der Waals surface area (Å²) in [4.78, 5) is 31.1. The van der Waals surface area contributed by atoms with E-state index in [9.17, 15) is 14.0 Å². The number of fused-ring (bicyclic) bond motifs is 1. The highest BCUT2D eigenvalue weighted by molar-refractivity contribution is 5.96. The van der Waals surface area contributed by atoms with Crippen LogP contribution in [0.2, 0.25) is 0 Å². The summed E-state index contributed by atoms with van der Waals surface area (Å²) in [5.74, 6) is 0.105. The van der Waals surface area contributed by atoms with Crippen molar-refractivity contribution in [1.82, 2.24) is 10.2 Å². The Morgan fingerprint density at radius 2 is 1.88 bits per heavy atom. The van der Waals surface area contributed by atoms with E-state index in [0.717, 1.165) is 49.5 Å². The van der Waals surface area contributed by atoms with E-state index >= 15 is 0 Å². The van der Waals surface area contributed by atoms with Gasteiger partial charge in [-0.1, -0.05) is 0 Å². The van der Waals surface area contributed by atoms with Crippen LogP contribution in [0.4, 0.5) is 26.2 Å². The summed E-state index contributed by atoms with van der Waals surface area (Å²) in [6.45, 7) is 4.72. The Balaban J connectivity index is 1.27. The molecule has 34 heavy (non-hydrogen) atoms. The molecule has 0 spiro atoms. The third kappa shape index (κ3) is 4.65. The quantitative estimate of drug-likeness (QED) is 0.723. The standard InChI is InChI=1S/C25H30FN5O3/c1-29-11-13-30(14-12-29)21-16-18(26)15-17-3-8-22(34-23(17)21)24(32)28-19-4-6-20(7-5-19)31-10-2-9-27-25(31)33/h4-7,15-16,22H,2-3,8-14H2,1H3,(H,27,33)(H,28,32). The first-order valence-corrected chi connectivity index (χ1v) is 11.9. The molecule has 8 nitrogen and oxygen atoms in total. The fourth-order valence-electron chi connectivity index (χ4n) is 4.73. The Hall–Kier alpha value is -3.33. The van der Waals surface area contributed by atoms with Gasteiger partial charge in [-0.25, -0.2) is 9.18 Å². The normalized spacial score (nSPS) is 20.9. The number of benzene rings is 2. The number of carbonyl (C=O) groups excluding carboxylic acids is 2. The first kappa shape index (κ1) is 22.5. The highest BCUT2D eigenvalue weighted by Crippen LogP contribution is 2.39. The summed E-state index contributed by atoms with van der Waals surface area (Å²) in [7, 11) is 2.07. The fourth-order valence-corrected chi connectivity index (χ4v) is 4.73. The second kappa shape index (κ2) is 9.50. The lowest BCUT2D eigenvalue weighted by atomic mass is 9.99. The molecule has 1 unspecified atom stereocenters. The topological polar surface area (TPSA) is 77.2 Å². The second-order valence-corrected chi connectivity index (χ2v) is 9.12. The SMILES string of the molecule is CN1CCN(c2cc(F)cc3c2OC(C(=O)Nc2ccc(N4CCCNC4=O)cc2)CC3)CC1. The maximum Gasteiger partial charge on any atom is 0.321 e. The van der Waals surface area contributed by atoms with Crippen molar-refractivity contribution < 1.29 is 18.7 Å². The number of rotatable bonds is 4. The maximum absolute atomic E-state index is 14.3. The molecule has 0 saturated carbocycles. The second-order valence-electron chi connectivity index (χ2n) is 9.12. The number of carbonyl (C=O) groups is 2. The zero-order chi connectivity index (χ0) is 23.7. The number of likely N-dealkylation sites (N-methyl/N-ethyl adjacent to an activating group) is 1. The molecule has 1 atom stereocenters. The molecule has 2 saturated heterocycles. The minimum atomic E-state index is -0.656. The number of piperazine rings is 1. The Morgan fingerprint density at radius 3 is 2.62 bits per heavy atom. The van der Waals surface area contributed by atoms with Gasteiger partial charge in [0.05, 0.1) is 5.69 Å². The molecule has 0 aliphatic carbocycles. The van der Waals surface area contributed by atoms with Crippen molar-refractivity contribution in [3.63, 3.8) is 0 Å². The van der Waals surface area contributed by atoms with Crippen LogP contribution >= 0.6 is 0 Å². The van der Waals surface area contributed by atoms with Gasteiger partial charge in [0, 0.05) is 56.7 Å². The lowest BCUT2D eigenvalue weighted by Gasteiger charge is -2.37. The lowest BCUT2D eigenvalue weighted by molar-refractivity contribution is -0.123. The Kier molecular flexibility index (Phi) is 6.28. The lowest BCUT2D eigenvalue weighted by Crippen LogP contribution is -2.46. The minimum Gasteiger partial charge on any atom is -0.478 e. The zero-order valence-electron chi connectivity index (χ0n) is 19.3. The monoisotopic (exact) mass is 467 g/mol. The first-order valence-electron chi connectivity index (χ1n) is 11.9. The molecule has 2 fully saturated rings. The number of urea groups is 1. The van der Waals surface area contributed by atoms with Gasteiger partial charge in [0.1, 0.15) is 11.6 Å². The molecule has 0 radical (unpaired) electrons. The number of nitrogens with zero attached hydrogens (tertiary/aromatic N) is 3. The number of hydrogen-bond acceptors (Lipinski definition) is 5.